The lowest BCUT2D eigenvalue weighted by Gasteiger charge is -2.34. The van der Waals surface area contributed by atoms with Crippen LogP contribution in [0.25, 0.3) is 0 Å². The third kappa shape index (κ3) is 3.18. The maximum Gasteiger partial charge on any atom is 0.246 e. The molecular weight excluding hydrogens is 302 g/mol. The van der Waals surface area contributed by atoms with E-state index in [2.05, 4.69) is 4.99 Å². The number of carbonyl (C=O) groups excluding carboxylic acids is 1. The predicted octanol–water partition coefficient (Wildman–Crippen LogP) is 1.84. The van der Waals surface area contributed by atoms with Gasteiger partial charge in [-0.25, -0.2) is 27.0 Å². The lowest BCUT2D eigenvalue weighted by molar-refractivity contribution is 0.247. The smallest absolute Gasteiger partial charge is 0.211 e. The summed E-state index contributed by atoms with van der Waals surface area (Å²) in [5.74, 6) is -1.81. The summed E-state index contributed by atoms with van der Waals surface area (Å²) in [5.41, 5.74) is 0. The van der Waals surface area contributed by atoms with Gasteiger partial charge in [-0.2, -0.15) is 4.31 Å². The molecule has 0 aromatic heterocycles. The maximum atomic E-state index is 13.7. The molecule has 0 radical (unpaired) electrons. The average molecular weight is 316 g/mol. The van der Waals surface area contributed by atoms with Gasteiger partial charge in [0.1, 0.15) is 16.5 Å². The van der Waals surface area contributed by atoms with Crippen molar-refractivity contribution in [3.63, 3.8) is 0 Å². The van der Waals surface area contributed by atoms with E-state index in [-0.39, 0.29) is 12.6 Å². The summed E-state index contributed by atoms with van der Waals surface area (Å²) >= 11 is 0. The highest BCUT2D eigenvalue weighted by Gasteiger charge is 2.36. The first kappa shape index (κ1) is 15.8. The third-order valence-electron chi connectivity index (χ3n) is 3.50. The first-order chi connectivity index (χ1) is 9.86. The summed E-state index contributed by atoms with van der Waals surface area (Å²) < 4.78 is 52.9. The van der Waals surface area contributed by atoms with E-state index < -0.39 is 32.6 Å². The molecule has 1 aliphatic rings. The zero-order chi connectivity index (χ0) is 15.6. The van der Waals surface area contributed by atoms with E-state index in [0.717, 1.165) is 16.4 Å². The summed E-state index contributed by atoms with van der Waals surface area (Å²) in [6.45, 7) is 1.73. The second-order valence-electron chi connectivity index (χ2n) is 4.94. The van der Waals surface area contributed by atoms with Crippen molar-refractivity contribution in [2.75, 3.05) is 6.54 Å². The minimum Gasteiger partial charge on any atom is -0.211 e. The summed E-state index contributed by atoms with van der Waals surface area (Å²) in [5, 5.41) is 0. The molecule has 1 fully saturated rings. The first-order valence-corrected chi connectivity index (χ1v) is 7.84. The fourth-order valence-corrected chi connectivity index (χ4v) is 4.21. The van der Waals surface area contributed by atoms with E-state index in [0.29, 0.717) is 18.9 Å². The molecule has 1 aromatic rings. The Bertz CT molecular complexity index is 687. The highest BCUT2D eigenvalue weighted by Crippen LogP contribution is 2.28. The number of rotatable bonds is 3. The molecule has 21 heavy (non-hydrogen) atoms. The molecule has 1 saturated heterocycles. The highest BCUT2D eigenvalue weighted by molar-refractivity contribution is 7.89. The van der Waals surface area contributed by atoms with E-state index in [1.54, 1.807) is 6.92 Å². The van der Waals surface area contributed by atoms with Gasteiger partial charge in [0.15, 0.2) is 0 Å². The lowest BCUT2D eigenvalue weighted by atomic mass is 10.0. The molecule has 0 amide bonds. The van der Waals surface area contributed by atoms with Crippen LogP contribution in [0, 0.1) is 11.6 Å². The molecule has 0 N–H and O–H groups in total. The van der Waals surface area contributed by atoms with E-state index in [9.17, 15) is 22.0 Å². The van der Waals surface area contributed by atoms with Crippen LogP contribution in [0.1, 0.15) is 19.8 Å². The van der Waals surface area contributed by atoms with Crippen LogP contribution in [0.2, 0.25) is 0 Å². The Labute approximate surface area is 121 Å². The molecule has 5 nitrogen and oxygen atoms in total. The number of sulfonamides is 1. The molecule has 2 atom stereocenters. The number of halogens is 2. The van der Waals surface area contributed by atoms with Gasteiger partial charge >= 0.3 is 0 Å². The second-order valence-corrected chi connectivity index (χ2v) is 6.80. The summed E-state index contributed by atoms with van der Waals surface area (Å²) in [6, 6.07) is 1.57. The molecule has 1 heterocycles. The van der Waals surface area contributed by atoms with E-state index in [1.165, 1.54) is 6.08 Å². The van der Waals surface area contributed by atoms with Gasteiger partial charge in [-0.3, -0.25) is 0 Å². The van der Waals surface area contributed by atoms with Gasteiger partial charge in [0.2, 0.25) is 16.1 Å². The number of hydrogen-bond acceptors (Lipinski definition) is 4. The van der Waals surface area contributed by atoms with Crippen molar-refractivity contribution in [1.82, 2.24) is 4.31 Å². The number of benzene rings is 1. The quantitative estimate of drug-likeness (QED) is 0.631. The van der Waals surface area contributed by atoms with E-state index in [1.807, 2.05) is 0 Å². The summed E-state index contributed by atoms with van der Waals surface area (Å²) in [4.78, 5) is 13.2. The van der Waals surface area contributed by atoms with Crippen LogP contribution in [0.15, 0.2) is 28.1 Å². The van der Waals surface area contributed by atoms with Crippen LogP contribution >= 0.6 is 0 Å². The van der Waals surface area contributed by atoms with Crippen LogP contribution in [-0.2, 0) is 14.8 Å². The Morgan fingerprint density at radius 3 is 2.71 bits per heavy atom. The number of aliphatic imine (C=N–C) groups is 1. The Morgan fingerprint density at radius 2 is 2.10 bits per heavy atom. The minimum absolute atomic E-state index is 0.0926. The Balaban J connectivity index is 2.32. The molecule has 1 aromatic carbocycles. The first-order valence-electron chi connectivity index (χ1n) is 6.40. The van der Waals surface area contributed by atoms with Gasteiger partial charge in [-0.15, -0.1) is 0 Å². The largest absolute Gasteiger partial charge is 0.246 e. The van der Waals surface area contributed by atoms with Crippen LogP contribution in [-0.4, -0.2) is 37.4 Å². The standard InChI is InChI=1S/C13H14F2N2O3S/c1-9-6-11(16-8-18)4-5-17(9)21(19,20)13-7-10(14)2-3-12(13)15/h2-3,7,9,11H,4-6H2,1H3. The average Bonchev–Trinajstić information content (AvgIpc) is 2.41. The fourth-order valence-electron chi connectivity index (χ4n) is 2.48. The lowest BCUT2D eigenvalue weighted by Crippen LogP contribution is -2.45. The van der Waals surface area contributed by atoms with Crippen molar-refractivity contribution in [3.8, 4) is 0 Å². The van der Waals surface area contributed by atoms with Gasteiger partial charge in [-0.05, 0) is 38.0 Å². The van der Waals surface area contributed by atoms with Crippen LogP contribution in [0.4, 0.5) is 8.78 Å². The van der Waals surface area contributed by atoms with E-state index >= 15 is 0 Å². The molecule has 2 rings (SSSR count). The normalized spacial score (nSPS) is 23.6. The second kappa shape index (κ2) is 6.01. The summed E-state index contributed by atoms with van der Waals surface area (Å²) in [6.07, 6.45) is 2.14. The van der Waals surface area contributed by atoms with E-state index in [4.69, 9.17) is 0 Å². The predicted molar refractivity (Wildman–Crippen MR) is 70.9 cm³/mol. The SMILES string of the molecule is CC1CC(N=C=O)CCN1S(=O)(=O)c1cc(F)ccc1F. The minimum atomic E-state index is -4.12. The number of hydrogen-bond donors (Lipinski definition) is 0. The molecule has 1 aliphatic heterocycles. The van der Waals surface area contributed by atoms with Crippen LogP contribution < -0.4 is 0 Å². The number of isocyanates is 1. The van der Waals surface area contributed by atoms with Crippen LogP contribution in [0.5, 0.6) is 0 Å². The highest BCUT2D eigenvalue weighted by atomic mass is 32.2. The van der Waals surface area contributed by atoms with Gasteiger partial charge in [0.05, 0.1) is 6.04 Å². The topological polar surface area (TPSA) is 66.8 Å². The zero-order valence-electron chi connectivity index (χ0n) is 11.3. The van der Waals surface area contributed by atoms with Crippen molar-refractivity contribution < 1.29 is 22.0 Å². The molecule has 2 unspecified atom stereocenters. The molecule has 0 spiro atoms. The third-order valence-corrected chi connectivity index (χ3v) is 5.53. The number of nitrogens with zero attached hydrogens (tertiary/aromatic N) is 2. The van der Waals surface area contributed by atoms with Gasteiger partial charge < -0.3 is 0 Å². The molecule has 114 valence electrons. The van der Waals surface area contributed by atoms with Gasteiger partial charge in [0.25, 0.3) is 0 Å². The van der Waals surface area contributed by atoms with Crippen LogP contribution in [0.3, 0.4) is 0 Å². The van der Waals surface area contributed by atoms with Crippen molar-refractivity contribution in [2.24, 2.45) is 4.99 Å². The number of piperidine rings is 1. The Hall–Kier alpha value is -1.63. The zero-order valence-corrected chi connectivity index (χ0v) is 12.1. The monoisotopic (exact) mass is 316 g/mol. The van der Waals surface area contributed by atoms with Crippen molar-refractivity contribution in [1.29, 1.82) is 0 Å². The Kier molecular flexibility index (Phi) is 4.51. The summed E-state index contributed by atoms with van der Waals surface area (Å²) in [7, 11) is -4.12. The molecule has 0 aliphatic carbocycles. The maximum absolute atomic E-state index is 13.7. The molecular formula is C13H14F2N2O3S. The molecule has 8 heteroatoms. The van der Waals surface area contributed by atoms with Gasteiger partial charge in [-0.1, -0.05) is 0 Å². The van der Waals surface area contributed by atoms with Crippen molar-refractivity contribution in [2.45, 2.75) is 36.7 Å². The molecule has 0 bridgehead atoms. The Morgan fingerprint density at radius 1 is 1.38 bits per heavy atom. The molecule has 0 saturated carbocycles. The van der Waals surface area contributed by atoms with Crippen molar-refractivity contribution in [3.05, 3.63) is 29.8 Å². The fraction of sp³-hybridized carbons (Fsp3) is 0.462. The van der Waals surface area contributed by atoms with Gasteiger partial charge in [0, 0.05) is 12.6 Å². The van der Waals surface area contributed by atoms with Crippen molar-refractivity contribution >= 4 is 16.1 Å².